The Morgan fingerprint density at radius 2 is 1.76 bits per heavy atom. The Bertz CT molecular complexity index is 314. The van der Waals surface area contributed by atoms with E-state index < -0.39 is 10.4 Å². The largest absolute Gasteiger partial charge is 0.461 e. The highest BCUT2D eigenvalue weighted by molar-refractivity contribution is 7.81. The Labute approximate surface area is 102 Å². The number of nitrogens with one attached hydrogen (secondary N) is 1. The molecule has 0 rings (SSSR count). The zero-order chi connectivity index (χ0) is 13.9. The fourth-order valence-corrected chi connectivity index (χ4v) is 0.573. The number of carbonyl (C=O) groups excluding carboxylic acids is 1. The van der Waals surface area contributed by atoms with Crippen LogP contribution in [0.5, 0.6) is 0 Å². The maximum absolute atomic E-state index is 10.7. The summed E-state index contributed by atoms with van der Waals surface area (Å²) in [6.45, 7) is 6.15. The quantitative estimate of drug-likeness (QED) is 0.407. The van der Waals surface area contributed by atoms with Crippen molar-refractivity contribution < 1.29 is 26.3 Å². The van der Waals surface area contributed by atoms with E-state index in [-0.39, 0.29) is 5.97 Å². The predicted molar refractivity (Wildman–Crippen MR) is 62.6 cm³/mol. The van der Waals surface area contributed by atoms with E-state index in [4.69, 9.17) is 4.74 Å². The number of hydrogen-bond acceptors (Lipinski definition) is 7. The summed E-state index contributed by atoms with van der Waals surface area (Å²) >= 11 is 0. The number of esters is 1. The minimum atomic E-state index is -3.66. The molecule has 102 valence electrons. The Morgan fingerprint density at radius 3 is 2.00 bits per heavy atom. The lowest BCUT2D eigenvalue weighted by atomic mass is 10.4. The average molecular weight is 269 g/mol. The molecule has 0 aliphatic heterocycles. The standard InChI is InChI=1S/C7H13NO2.C2H6O4S/c1-6(2)7(9)10-5-4-8-3;1-5-7(3,4)6-2/h8H,1,4-5H2,2-3H3;1-2H3. The normalized spacial score (nSPS) is 10.1. The first-order valence-corrected chi connectivity index (χ1v) is 5.97. The zero-order valence-electron chi connectivity index (χ0n) is 10.5. The molecular weight excluding hydrogens is 250 g/mol. The van der Waals surface area contributed by atoms with Gasteiger partial charge in [-0.05, 0) is 14.0 Å². The summed E-state index contributed by atoms with van der Waals surface area (Å²) in [7, 11) is 0.196. The third kappa shape index (κ3) is 13.0. The van der Waals surface area contributed by atoms with Gasteiger partial charge >= 0.3 is 16.4 Å². The molecule has 0 amide bonds. The van der Waals surface area contributed by atoms with Crippen LogP contribution in [0.1, 0.15) is 6.92 Å². The van der Waals surface area contributed by atoms with Crippen LogP contribution < -0.4 is 5.32 Å². The highest BCUT2D eigenvalue weighted by Gasteiger charge is 2.01. The van der Waals surface area contributed by atoms with Crippen LogP contribution in [0.4, 0.5) is 0 Å². The molecular formula is C9H19NO6S. The van der Waals surface area contributed by atoms with Crippen molar-refractivity contribution in [2.24, 2.45) is 0 Å². The Kier molecular flexibility index (Phi) is 11.1. The summed E-state index contributed by atoms with van der Waals surface area (Å²) in [5, 5.41) is 2.86. The van der Waals surface area contributed by atoms with E-state index in [0.29, 0.717) is 18.7 Å². The lowest BCUT2D eigenvalue weighted by Crippen LogP contribution is -2.17. The van der Waals surface area contributed by atoms with Crippen LogP contribution >= 0.6 is 0 Å². The Morgan fingerprint density at radius 1 is 1.29 bits per heavy atom. The molecule has 0 aromatic heterocycles. The van der Waals surface area contributed by atoms with Crippen molar-refractivity contribution >= 4 is 16.4 Å². The molecule has 0 spiro atoms. The third-order valence-electron chi connectivity index (χ3n) is 1.34. The van der Waals surface area contributed by atoms with Gasteiger partial charge in [-0.1, -0.05) is 6.58 Å². The lowest BCUT2D eigenvalue weighted by Gasteiger charge is -2.01. The first kappa shape index (κ1) is 18.4. The van der Waals surface area contributed by atoms with Crippen molar-refractivity contribution in [2.45, 2.75) is 6.92 Å². The molecule has 0 heterocycles. The van der Waals surface area contributed by atoms with Crippen molar-refractivity contribution in [1.82, 2.24) is 5.32 Å². The number of ether oxygens (including phenoxy) is 1. The SMILES string of the molecule is C=C(C)C(=O)OCCNC.COS(=O)(=O)OC. The van der Waals surface area contributed by atoms with Crippen LogP contribution in [0.3, 0.4) is 0 Å². The minimum absolute atomic E-state index is 0.324. The lowest BCUT2D eigenvalue weighted by molar-refractivity contribution is -0.138. The Balaban J connectivity index is 0. The fourth-order valence-electron chi connectivity index (χ4n) is 0.437. The van der Waals surface area contributed by atoms with Crippen molar-refractivity contribution in [3.63, 3.8) is 0 Å². The highest BCUT2D eigenvalue weighted by Crippen LogP contribution is 1.90. The number of carbonyl (C=O) groups is 1. The van der Waals surface area contributed by atoms with Gasteiger partial charge < -0.3 is 10.1 Å². The summed E-state index contributed by atoms with van der Waals surface area (Å²) in [4.78, 5) is 10.7. The highest BCUT2D eigenvalue weighted by atomic mass is 32.3. The van der Waals surface area contributed by atoms with Gasteiger partial charge in [0.05, 0.1) is 14.2 Å². The average Bonchev–Trinajstić information content (AvgIpc) is 2.30. The molecule has 0 aromatic carbocycles. The van der Waals surface area contributed by atoms with Gasteiger partial charge in [-0.15, -0.1) is 0 Å². The van der Waals surface area contributed by atoms with Crippen LogP contribution in [0.2, 0.25) is 0 Å². The van der Waals surface area contributed by atoms with E-state index in [0.717, 1.165) is 14.2 Å². The summed E-state index contributed by atoms with van der Waals surface area (Å²) in [6.07, 6.45) is 0. The van der Waals surface area contributed by atoms with Crippen molar-refractivity contribution in [3.8, 4) is 0 Å². The molecule has 0 saturated carbocycles. The minimum Gasteiger partial charge on any atom is -0.461 e. The second-order valence-corrected chi connectivity index (χ2v) is 4.24. The monoisotopic (exact) mass is 269 g/mol. The first-order chi connectivity index (χ1) is 7.80. The molecule has 0 bridgehead atoms. The Hall–Kier alpha value is -0.960. The molecule has 0 unspecified atom stereocenters. The number of hydrogen-bond donors (Lipinski definition) is 1. The molecule has 0 aromatic rings. The maximum atomic E-state index is 10.7. The second-order valence-electron chi connectivity index (χ2n) is 2.76. The molecule has 0 aliphatic carbocycles. The van der Waals surface area contributed by atoms with Crippen LogP contribution in [-0.4, -0.2) is 48.8 Å². The number of likely N-dealkylation sites (N-methyl/N-ethyl adjacent to an activating group) is 1. The molecule has 7 nitrogen and oxygen atoms in total. The first-order valence-electron chi connectivity index (χ1n) is 4.64. The van der Waals surface area contributed by atoms with Gasteiger partial charge in [-0.3, -0.25) is 8.37 Å². The van der Waals surface area contributed by atoms with Gasteiger partial charge in [0.2, 0.25) is 0 Å². The molecule has 1 N–H and O–H groups in total. The van der Waals surface area contributed by atoms with E-state index in [1.165, 1.54) is 0 Å². The van der Waals surface area contributed by atoms with Crippen LogP contribution in [0, 0.1) is 0 Å². The van der Waals surface area contributed by atoms with Gasteiger partial charge in [-0.25, -0.2) is 4.79 Å². The summed E-state index contributed by atoms with van der Waals surface area (Å²) < 4.78 is 32.3. The van der Waals surface area contributed by atoms with Gasteiger partial charge in [0.25, 0.3) is 0 Å². The van der Waals surface area contributed by atoms with Crippen LogP contribution in [0.25, 0.3) is 0 Å². The van der Waals surface area contributed by atoms with Gasteiger partial charge in [-0.2, -0.15) is 8.42 Å². The van der Waals surface area contributed by atoms with E-state index in [1.807, 2.05) is 0 Å². The van der Waals surface area contributed by atoms with Crippen molar-refractivity contribution in [3.05, 3.63) is 12.2 Å². The molecule has 0 aliphatic rings. The smallest absolute Gasteiger partial charge is 0.399 e. The molecule has 0 atom stereocenters. The third-order valence-corrected chi connectivity index (χ3v) is 2.16. The summed E-state index contributed by atoms with van der Waals surface area (Å²) in [6, 6.07) is 0. The van der Waals surface area contributed by atoms with E-state index >= 15 is 0 Å². The van der Waals surface area contributed by atoms with Crippen molar-refractivity contribution in [2.75, 3.05) is 34.4 Å². The fraction of sp³-hybridized carbons (Fsp3) is 0.667. The molecule has 8 heteroatoms. The van der Waals surface area contributed by atoms with E-state index in [1.54, 1.807) is 14.0 Å². The second kappa shape index (κ2) is 10.2. The summed E-state index contributed by atoms with van der Waals surface area (Å²) in [5.41, 5.74) is 0.441. The van der Waals surface area contributed by atoms with Gasteiger partial charge in [0.1, 0.15) is 6.61 Å². The van der Waals surface area contributed by atoms with Gasteiger partial charge in [0.15, 0.2) is 0 Å². The molecule has 0 fully saturated rings. The van der Waals surface area contributed by atoms with E-state index in [9.17, 15) is 13.2 Å². The predicted octanol–water partition coefficient (Wildman–Crippen LogP) is -0.151. The molecule has 0 radical (unpaired) electrons. The molecule has 0 saturated heterocycles. The van der Waals surface area contributed by atoms with E-state index in [2.05, 4.69) is 20.3 Å². The number of rotatable bonds is 6. The van der Waals surface area contributed by atoms with Gasteiger partial charge in [0, 0.05) is 12.1 Å². The zero-order valence-corrected chi connectivity index (χ0v) is 11.3. The van der Waals surface area contributed by atoms with Crippen molar-refractivity contribution in [1.29, 1.82) is 0 Å². The molecule has 17 heavy (non-hydrogen) atoms. The topological polar surface area (TPSA) is 90.9 Å². The summed E-state index contributed by atoms with van der Waals surface area (Å²) in [5.74, 6) is -0.324. The van der Waals surface area contributed by atoms with Crippen LogP contribution in [-0.2, 0) is 28.3 Å². The van der Waals surface area contributed by atoms with Crippen LogP contribution in [0.15, 0.2) is 12.2 Å². The maximum Gasteiger partial charge on any atom is 0.399 e.